The van der Waals surface area contributed by atoms with E-state index in [4.69, 9.17) is 9.84 Å². The summed E-state index contributed by atoms with van der Waals surface area (Å²) in [5.41, 5.74) is 3.49. The fourth-order valence-corrected chi connectivity index (χ4v) is 3.09. The summed E-state index contributed by atoms with van der Waals surface area (Å²) in [5.74, 6) is -1.00. The minimum absolute atomic E-state index is 0.0592. The maximum atomic E-state index is 12.2. The molecule has 3 rings (SSSR count). The zero-order valence-corrected chi connectivity index (χ0v) is 13.9. The van der Waals surface area contributed by atoms with Crippen LogP contribution in [0.3, 0.4) is 0 Å². The third kappa shape index (κ3) is 4.45. The number of hydrogen-bond donors (Lipinski definition) is 2. The Morgan fingerprint density at radius 2 is 2.00 bits per heavy atom. The number of ether oxygens (including phenoxy) is 1. The minimum Gasteiger partial charge on any atom is -0.478 e. The zero-order chi connectivity index (χ0) is 17.6. The average molecular weight is 339 g/mol. The summed E-state index contributed by atoms with van der Waals surface area (Å²) in [5, 5.41) is 11.9. The second-order valence-corrected chi connectivity index (χ2v) is 6.12. The van der Waals surface area contributed by atoms with Crippen LogP contribution in [0.4, 0.5) is 0 Å². The van der Waals surface area contributed by atoms with Gasteiger partial charge in [0.15, 0.2) is 0 Å². The van der Waals surface area contributed by atoms with Crippen molar-refractivity contribution in [1.82, 2.24) is 5.32 Å². The van der Waals surface area contributed by atoms with E-state index in [1.807, 2.05) is 24.3 Å². The molecule has 0 spiro atoms. The Balaban J connectivity index is 1.51. The van der Waals surface area contributed by atoms with Crippen molar-refractivity contribution in [2.75, 3.05) is 13.2 Å². The van der Waals surface area contributed by atoms with E-state index in [-0.39, 0.29) is 17.6 Å². The van der Waals surface area contributed by atoms with Gasteiger partial charge in [0, 0.05) is 6.54 Å². The second-order valence-electron chi connectivity index (χ2n) is 6.12. The lowest BCUT2D eigenvalue weighted by atomic mass is 9.95. The summed E-state index contributed by atoms with van der Waals surface area (Å²) in [6, 6.07) is 14.8. The standard InChI is InChI=1S/C20H21NO4/c22-19(13-18-17-7-2-1-5-15(17)9-11-25-18)21-10-8-14-4-3-6-16(12-14)20(23)24/h1-7,12,18H,8-11,13H2,(H,21,22)(H,23,24). The molecule has 0 aliphatic carbocycles. The molecular formula is C20H21NO4. The van der Waals surface area contributed by atoms with E-state index in [9.17, 15) is 9.59 Å². The van der Waals surface area contributed by atoms with Crippen molar-refractivity contribution in [2.45, 2.75) is 25.4 Å². The lowest BCUT2D eigenvalue weighted by Gasteiger charge is -2.25. The summed E-state index contributed by atoms with van der Waals surface area (Å²) in [6.07, 6.45) is 1.58. The molecule has 0 fully saturated rings. The Hall–Kier alpha value is -2.66. The Morgan fingerprint density at radius 1 is 1.16 bits per heavy atom. The number of carbonyl (C=O) groups excluding carboxylic acids is 1. The van der Waals surface area contributed by atoms with Crippen LogP contribution in [-0.4, -0.2) is 30.1 Å². The van der Waals surface area contributed by atoms with Crippen molar-refractivity contribution >= 4 is 11.9 Å². The van der Waals surface area contributed by atoms with Crippen LogP contribution in [0.15, 0.2) is 48.5 Å². The molecule has 1 atom stereocenters. The molecule has 1 aliphatic heterocycles. The molecule has 0 saturated heterocycles. The fourth-order valence-electron chi connectivity index (χ4n) is 3.09. The van der Waals surface area contributed by atoms with Gasteiger partial charge in [0.25, 0.3) is 0 Å². The smallest absolute Gasteiger partial charge is 0.335 e. The SMILES string of the molecule is O=C(CC1OCCc2ccccc21)NCCc1cccc(C(=O)O)c1. The van der Waals surface area contributed by atoms with E-state index in [0.29, 0.717) is 26.0 Å². The molecular weight excluding hydrogens is 318 g/mol. The summed E-state index contributed by atoms with van der Waals surface area (Å²) >= 11 is 0. The van der Waals surface area contributed by atoms with Gasteiger partial charge in [-0.05, 0) is 41.7 Å². The molecule has 5 heteroatoms. The predicted molar refractivity (Wildman–Crippen MR) is 93.6 cm³/mol. The Labute approximate surface area is 146 Å². The van der Waals surface area contributed by atoms with Crippen LogP contribution in [0.25, 0.3) is 0 Å². The van der Waals surface area contributed by atoms with Gasteiger partial charge in [-0.1, -0.05) is 36.4 Å². The Kier molecular flexibility index (Phi) is 5.46. The van der Waals surface area contributed by atoms with Gasteiger partial charge in [-0.3, -0.25) is 4.79 Å². The first-order valence-corrected chi connectivity index (χ1v) is 8.42. The number of hydrogen-bond acceptors (Lipinski definition) is 3. The van der Waals surface area contributed by atoms with Crippen LogP contribution in [0.2, 0.25) is 0 Å². The summed E-state index contributed by atoms with van der Waals surface area (Å²) < 4.78 is 5.76. The molecule has 0 bridgehead atoms. The first-order valence-electron chi connectivity index (χ1n) is 8.42. The van der Waals surface area contributed by atoms with Crippen LogP contribution in [-0.2, 0) is 22.4 Å². The van der Waals surface area contributed by atoms with Gasteiger partial charge >= 0.3 is 5.97 Å². The number of rotatable bonds is 6. The molecule has 0 saturated carbocycles. The highest BCUT2D eigenvalue weighted by Crippen LogP contribution is 2.29. The van der Waals surface area contributed by atoms with Crippen molar-refractivity contribution in [2.24, 2.45) is 0 Å². The van der Waals surface area contributed by atoms with Gasteiger partial charge < -0.3 is 15.2 Å². The summed E-state index contributed by atoms with van der Waals surface area (Å²) in [4.78, 5) is 23.2. The molecule has 2 aromatic rings. The van der Waals surface area contributed by atoms with E-state index in [0.717, 1.165) is 17.5 Å². The molecule has 2 aromatic carbocycles. The van der Waals surface area contributed by atoms with Crippen molar-refractivity contribution in [3.05, 3.63) is 70.8 Å². The lowest BCUT2D eigenvalue weighted by molar-refractivity contribution is -0.124. The van der Waals surface area contributed by atoms with Crippen LogP contribution in [0.1, 0.15) is 39.6 Å². The molecule has 1 aliphatic rings. The number of carboxylic acids is 1. The minimum atomic E-state index is -0.945. The van der Waals surface area contributed by atoms with Crippen molar-refractivity contribution in [3.8, 4) is 0 Å². The van der Waals surface area contributed by atoms with E-state index in [1.165, 1.54) is 5.56 Å². The number of carbonyl (C=O) groups is 2. The highest BCUT2D eigenvalue weighted by molar-refractivity contribution is 5.87. The quantitative estimate of drug-likeness (QED) is 0.848. The van der Waals surface area contributed by atoms with E-state index >= 15 is 0 Å². The van der Waals surface area contributed by atoms with Crippen LogP contribution in [0.5, 0.6) is 0 Å². The monoisotopic (exact) mass is 339 g/mol. The molecule has 25 heavy (non-hydrogen) atoms. The maximum Gasteiger partial charge on any atom is 0.335 e. The predicted octanol–water partition coefficient (Wildman–Crippen LogP) is 2.75. The number of aromatic carboxylic acids is 1. The van der Waals surface area contributed by atoms with Crippen molar-refractivity contribution in [3.63, 3.8) is 0 Å². The molecule has 5 nitrogen and oxygen atoms in total. The second kappa shape index (κ2) is 7.94. The highest BCUT2D eigenvalue weighted by atomic mass is 16.5. The average Bonchev–Trinajstić information content (AvgIpc) is 2.62. The summed E-state index contributed by atoms with van der Waals surface area (Å²) in [6.45, 7) is 1.10. The largest absolute Gasteiger partial charge is 0.478 e. The lowest BCUT2D eigenvalue weighted by Crippen LogP contribution is -2.29. The number of amides is 1. The van der Waals surface area contributed by atoms with E-state index < -0.39 is 5.97 Å². The fraction of sp³-hybridized carbons (Fsp3) is 0.300. The van der Waals surface area contributed by atoms with E-state index in [1.54, 1.807) is 18.2 Å². The Bertz CT molecular complexity index is 772. The molecule has 130 valence electrons. The number of benzene rings is 2. The van der Waals surface area contributed by atoms with Crippen molar-refractivity contribution in [1.29, 1.82) is 0 Å². The maximum absolute atomic E-state index is 12.2. The molecule has 1 amide bonds. The van der Waals surface area contributed by atoms with Crippen molar-refractivity contribution < 1.29 is 19.4 Å². The number of carboxylic acid groups (broad SMARTS) is 1. The number of nitrogens with one attached hydrogen (secondary N) is 1. The van der Waals surface area contributed by atoms with Crippen LogP contribution >= 0.6 is 0 Å². The van der Waals surface area contributed by atoms with Crippen LogP contribution < -0.4 is 5.32 Å². The molecule has 1 heterocycles. The normalized spacial score (nSPS) is 16.1. The zero-order valence-electron chi connectivity index (χ0n) is 13.9. The highest BCUT2D eigenvalue weighted by Gasteiger charge is 2.22. The van der Waals surface area contributed by atoms with Gasteiger partial charge in [0.1, 0.15) is 0 Å². The van der Waals surface area contributed by atoms with Gasteiger partial charge in [-0.15, -0.1) is 0 Å². The first kappa shape index (κ1) is 17.2. The van der Waals surface area contributed by atoms with Gasteiger partial charge in [-0.25, -0.2) is 4.79 Å². The van der Waals surface area contributed by atoms with Gasteiger partial charge in [0.2, 0.25) is 5.91 Å². The third-order valence-electron chi connectivity index (χ3n) is 4.37. The molecule has 1 unspecified atom stereocenters. The van der Waals surface area contributed by atoms with Crippen LogP contribution in [0, 0.1) is 0 Å². The molecule has 2 N–H and O–H groups in total. The van der Waals surface area contributed by atoms with Gasteiger partial charge in [-0.2, -0.15) is 0 Å². The number of fused-ring (bicyclic) bond motifs is 1. The van der Waals surface area contributed by atoms with Gasteiger partial charge in [0.05, 0.1) is 24.7 Å². The Morgan fingerprint density at radius 3 is 2.84 bits per heavy atom. The topological polar surface area (TPSA) is 75.6 Å². The molecule has 0 radical (unpaired) electrons. The first-order chi connectivity index (χ1) is 12.1. The van der Waals surface area contributed by atoms with E-state index in [2.05, 4.69) is 11.4 Å². The summed E-state index contributed by atoms with van der Waals surface area (Å²) in [7, 11) is 0. The molecule has 0 aromatic heterocycles. The third-order valence-corrected chi connectivity index (χ3v) is 4.37.